The number of carbonyl (C=O) groups excluding carboxylic acids is 2. The molecule has 1 aromatic carbocycles. The van der Waals surface area contributed by atoms with Crippen molar-refractivity contribution >= 4 is 23.3 Å². The van der Waals surface area contributed by atoms with Crippen LogP contribution in [0.2, 0.25) is 0 Å². The minimum Gasteiger partial charge on any atom is -0.352 e. The fourth-order valence-corrected chi connectivity index (χ4v) is 3.31. The largest absolute Gasteiger partial charge is 0.352 e. The number of nitrogens with zero attached hydrogens (tertiary/aromatic N) is 2. The van der Waals surface area contributed by atoms with Crippen molar-refractivity contribution in [2.24, 2.45) is 5.73 Å². The van der Waals surface area contributed by atoms with E-state index in [-0.39, 0.29) is 12.3 Å². The van der Waals surface area contributed by atoms with E-state index in [2.05, 4.69) is 15.7 Å². The zero-order valence-electron chi connectivity index (χ0n) is 14.0. The number of amides is 3. The second kappa shape index (κ2) is 8.30. The van der Waals surface area contributed by atoms with Crippen LogP contribution in [0.3, 0.4) is 0 Å². The number of primary amides is 1. The molecule has 7 nitrogen and oxygen atoms in total. The van der Waals surface area contributed by atoms with Crippen molar-refractivity contribution in [1.29, 1.82) is 0 Å². The molecular formula is C18H19N5O2S. The van der Waals surface area contributed by atoms with Crippen molar-refractivity contribution in [2.45, 2.75) is 19.0 Å². The van der Waals surface area contributed by atoms with E-state index in [9.17, 15) is 9.59 Å². The van der Waals surface area contributed by atoms with Crippen LogP contribution in [0.15, 0.2) is 60.2 Å². The van der Waals surface area contributed by atoms with Crippen molar-refractivity contribution in [2.75, 3.05) is 0 Å². The molecular weight excluding hydrogens is 350 g/mol. The standard InChI is InChI=1S/C18H19N5O2S/c19-18(25)22-15(16-3-1-10-26-16)11-17(24)20-12-13-4-6-14(7-5-13)23-9-2-8-21-23/h1-10,15H,11-12H2,(H,20,24)(H3,19,22,25). The summed E-state index contributed by atoms with van der Waals surface area (Å²) >= 11 is 1.47. The van der Waals surface area contributed by atoms with E-state index in [1.54, 1.807) is 10.9 Å². The van der Waals surface area contributed by atoms with E-state index in [0.717, 1.165) is 16.1 Å². The zero-order chi connectivity index (χ0) is 18.4. The number of rotatable bonds is 7. The van der Waals surface area contributed by atoms with Gasteiger partial charge >= 0.3 is 6.03 Å². The molecule has 2 heterocycles. The third-order valence-corrected chi connectivity index (χ3v) is 4.77. The number of hydrogen-bond donors (Lipinski definition) is 3. The molecule has 26 heavy (non-hydrogen) atoms. The van der Waals surface area contributed by atoms with Crippen LogP contribution in [0.5, 0.6) is 0 Å². The molecule has 0 saturated heterocycles. The lowest BCUT2D eigenvalue weighted by molar-refractivity contribution is -0.121. The predicted molar refractivity (Wildman–Crippen MR) is 99.8 cm³/mol. The topological polar surface area (TPSA) is 102 Å². The third-order valence-electron chi connectivity index (χ3n) is 3.79. The van der Waals surface area contributed by atoms with Crippen LogP contribution < -0.4 is 16.4 Å². The number of nitrogens with two attached hydrogens (primary N) is 1. The van der Waals surface area contributed by atoms with Crippen molar-refractivity contribution in [3.05, 3.63) is 70.7 Å². The van der Waals surface area contributed by atoms with Gasteiger partial charge in [-0.3, -0.25) is 4.79 Å². The van der Waals surface area contributed by atoms with Gasteiger partial charge in [0.1, 0.15) is 0 Å². The number of carbonyl (C=O) groups is 2. The van der Waals surface area contributed by atoms with Gasteiger partial charge in [0, 0.05) is 23.8 Å². The number of benzene rings is 1. The molecule has 0 aliphatic carbocycles. The molecule has 1 unspecified atom stereocenters. The van der Waals surface area contributed by atoms with Gasteiger partial charge in [0.05, 0.1) is 18.2 Å². The molecule has 0 aliphatic heterocycles. The monoisotopic (exact) mass is 369 g/mol. The Morgan fingerprint density at radius 2 is 2.00 bits per heavy atom. The minimum absolute atomic E-state index is 0.134. The SMILES string of the molecule is NC(=O)NC(CC(=O)NCc1ccc(-n2cccn2)cc1)c1cccs1. The van der Waals surface area contributed by atoms with Crippen LogP contribution >= 0.6 is 11.3 Å². The minimum atomic E-state index is -0.648. The van der Waals surface area contributed by atoms with Crippen molar-refractivity contribution in [3.8, 4) is 5.69 Å². The van der Waals surface area contributed by atoms with Gasteiger partial charge in [0.15, 0.2) is 0 Å². The summed E-state index contributed by atoms with van der Waals surface area (Å²) in [6.45, 7) is 0.409. The smallest absolute Gasteiger partial charge is 0.312 e. The van der Waals surface area contributed by atoms with Crippen LogP contribution in [-0.2, 0) is 11.3 Å². The summed E-state index contributed by atoms with van der Waals surface area (Å²) in [6.07, 6.45) is 3.72. The summed E-state index contributed by atoms with van der Waals surface area (Å²) < 4.78 is 1.77. The van der Waals surface area contributed by atoms with E-state index >= 15 is 0 Å². The van der Waals surface area contributed by atoms with E-state index in [1.807, 2.05) is 54.0 Å². The fourth-order valence-electron chi connectivity index (χ4n) is 2.53. The Kier molecular flexibility index (Phi) is 5.65. The summed E-state index contributed by atoms with van der Waals surface area (Å²) in [5, 5.41) is 11.6. The summed E-state index contributed by atoms with van der Waals surface area (Å²) in [7, 11) is 0. The Morgan fingerprint density at radius 3 is 2.62 bits per heavy atom. The maximum absolute atomic E-state index is 12.2. The lowest BCUT2D eigenvalue weighted by Gasteiger charge is -2.16. The Morgan fingerprint density at radius 1 is 1.19 bits per heavy atom. The molecule has 3 rings (SSSR count). The number of thiophene rings is 1. The van der Waals surface area contributed by atoms with Gasteiger partial charge in [-0.05, 0) is 35.2 Å². The van der Waals surface area contributed by atoms with Crippen LogP contribution in [-0.4, -0.2) is 21.7 Å². The molecule has 0 saturated carbocycles. The highest BCUT2D eigenvalue weighted by Gasteiger charge is 2.18. The normalized spacial score (nSPS) is 11.7. The van der Waals surface area contributed by atoms with Crippen LogP contribution in [0, 0.1) is 0 Å². The molecule has 0 bridgehead atoms. The van der Waals surface area contributed by atoms with E-state index < -0.39 is 12.1 Å². The van der Waals surface area contributed by atoms with Gasteiger partial charge in [-0.1, -0.05) is 18.2 Å². The summed E-state index contributed by atoms with van der Waals surface area (Å²) in [4.78, 5) is 24.3. The quantitative estimate of drug-likeness (QED) is 0.596. The highest BCUT2D eigenvalue weighted by Crippen LogP contribution is 2.21. The fraction of sp³-hybridized carbons (Fsp3) is 0.167. The van der Waals surface area contributed by atoms with Gasteiger partial charge in [0.25, 0.3) is 0 Å². The first-order valence-electron chi connectivity index (χ1n) is 8.07. The van der Waals surface area contributed by atoms with Gasteiger partial charge < -0.3 is 16.4 Å². The molecule has 0 fully saturated rings. The molecule has 3 amide bonds. The molecule has 1 atom stereocenters. The van der Waals surface area contributed by atoms with Gasteiger partial charge in [-0.25, -0.2) is 9.48 Å². The number of urea groups is 1. The summed E-state index contributed by atoms with van der Waals surface area (Å²) in [6, 6.07) is 12.3. The molecule has 0 spiro atoms. The van der Waals surface area contributed by atoms with E-state index in [0.29, 0.717) is 6.54 Å². The van der Waals surface area contributed by atoms with Crippen molar-refractivity contribution in [3.63, 3.8) is 0 Å². The molecule has 2 aromatic heterocycles. The molecule has 8 heteroatoms. The Bertz CT molecular complexity index is 844. The lowest BCUT2D eigenvalue weighted by atomic mass is 10.1. The molecule has 4 N–H and O–H groups in total. The molecule has 134 valence electrons. The van der Waals surface area contributed by atoms with Gasteiger partial charge in [0.2, 0.25) is 5.91 Å². The second-order valence-electron chi connectivity index (χ2n) is 5.67. The number of aromatic nitrogens is 2. The van der Waals surface area contributed by atoms with E-state index in [1.165, 1.54) is 11.3 Å². The average Bonchev–Trinajstić information content (AvgIpc) is 3.33. The van der Waals surface area contributed by atoms with Gasteiger partial charge in [-0.15, -0.1) is 11.3 Å². The first-order valence-corrected chi connectivity index (χ1v) is 8.95. The summed E-state index contributed by atoms with van der Waals surface area (Å²) in [5.41, 5.74) is 7.14. The Hall–Kier alpha value is -3.13. The predicted octanol–water partition coefficient (Wildman–Crippen LogP) is 2.35. The van der Waals surface area contributed by atoms with Crippen LogP contribution in [0.1, 0.15) is 22.9 Å². The Balaban J connectivity index is 1.55. The third kappa shape index (κ3) is 4.70. The van der Waals surface area contributed by atoms with E-state index in [4.69, 9.17) is 5.73 Å². The van der Waals surface area contributed by atoms with Crippen molar-refractivity contribution < 1.29 is 9.59 Å². The molecule has 0 aliphatic rings. The van der Waals surface area contributed by atoms with Crippen LogP contribution in [0.25, 0.3) is 5.69 Å². The first kappa shape index (κ1) is 17.7. The highest BCUT2D eigenvalue weighted by atomic mass is 32.1. The highest BCUT2D eigenvalue weighted by molar-refractivity contribution is 7.10. The first-order chi connectivity index (χ1) is 12.6. The maximum Gasteiger partial charge on any atom is 0.312 e. The lowest BCUT2D eigenvalue weighted by Crippen LogP contribution is -2.36. The number of hydrogen-bond acceptors (Lipinski definition) is 4. The average molecular weight is 369 g/mol. The number of nitrogens with one attached hydrogen (secondary N) is 2. The van der Waals surface area contributed by atoms with Gasteiger partial charge in [-0.2, -0.15) is 5.10 Å². The molecule has 0 radical (unpaired) electrons. The molecule has 3 aromatic rings. The zero-order valence-corrected chi connectivity index (χ0v) is 14.8. The second-order valence-corrected chi connectivity index (χ2v) is 6.65. The Labute approximate surface area is 154 Å². The van der Waals surface area contributed by atoms with Crippen molar-refractivity contribution in [1.82, 2.24) is 20.4 Å². The maximum atomic E-state index is 12.2. The van der Waals surface area contributed by atoms with Crippen LogP contribution in [0.4, 0.5) is 4.79 Å². The summed E-state index contributed by atoms with van der Waals surface area (Å²) in [5.74, 6) is -0.159.